The third-order valence-electron chi connectivity index (χ3n) is 5.39. The van der Waals surface area contributed by atoms with Crippen LogP contribution in [0, 0.1) is 0 Å². The van der Waals surface area contributed by atoms with Gasteiger partial charge in [0.2, 0.25) is 0 Å². The predicted molar refractivity (Wildman–Crippen MR) is 108 cm³/mol. The van der Waals surface area contributed by atoms with Gasteiger partial charge < -0.3 is 15.0 Å². The summed E-state index contributed by atoms with van der Waals surface area (Å²) in [5.41, 5.74) is 1.90. The minimum absolute atomic E-state index is 0.240. The van der Waals surface area contributed by atoms with E-state index in [1.807, 2.05) is 0 Å². The van der Waals surface area contributed by atoms with E-state index < -0.39 is 0 Å². The summed E-state index contributed by atoms with van der Waals surface area (Å²) >= 11 is 7.41. The Morgan fingerprint density at radius 1 is 1.28 bits per heavy atom. The van der Waals surface area contributed by atoms with Gasteiger partial charge in [-0.25, -0.2) is 4.79 Å². The average Bonchev–Trinajstić information content (AvgIpc) is 2.81. The Bertz CT molecular complexity index is 642. The number of nitrogens with one attached hydrogen (secondary N) is 1. The van der Waals surface area contributed by atoms with Crippen LogP contribution < -0.4 is 5.32 Å². The number of piperidine rings is 1. The van der Waals surface area contributed by atoms with Gasteiger partial charge in [0.15, 0.2) is 5.11 Å². The lowest BCUT2D eigenvalue weighted by atomic mass is 10.0. The molecule has 1 aliphatic carbocycles. The third-order valence-corrected chi connectivity index (χ3v) is 6.93. The molecule has 1 N–H and O–H groups in total. The second-order valence-electron chi connectivity index (χ2n) is 6.94. The van der Waals surface area contributed by atoms with Gasteiger partial charge in [0.25, 0.3) is 0 Å². The number of hydrogen-bond acceptors (Lipinski definition) is 4. The molecule has 0 aromatic carbocycles. The van der Waals surface area contributed by atoms with E-state index in [0.29, 0.717) is 6.04 Å². The SMILES string of the molecule is CCC1CCCCN1C(=S)Nc1sc2c(c1C(=O)OC)CCCCC2. The highest BCUT2D eigenvalue weighted by atomic mass is 32.1. The van der Waals surface area contributed by atoms with Gasteiger partial charge in [-0.2, -0.15) is 0 Å². The number of thiophene rings is 1. The first kappa shape index (κ1) is 18.6. The molecule has 1 aromatic heterocycles. The molecular weight excluding hydrogens is 352 g/mol. The van der Waals surface area contributed by atoms with E-state index >= 15 is 0 Å². The highest BCUT2D eigenvalue weighted by Gasteiger charge is 2.28. The monoisotopic (exact) mass is 380 g/mol. The normalized spacial score (nSPS) is 20.6. The number of rotatable bonds is 3. The van der Waals surface area contributed by atoms with Gasteiger partial charge >= 0.3 is 5.97 Å². The van der Waals surface area contributed by atoms with Crippen LogP contribution in [0.1, 0.15) is 72.7 Å². The fourth-order valence-corrected chi connectivity index (χ4v) is 5.69. The number of carbonyl (C=O) groups excluding carboxylic acids is 1. The summed E-state index contributed by atoms with van der Waals surface area (Å²) in [6.45, 7) is 3.22. The summed E-state index contributed by atoms with van der Waals surface area (Å²) in [5, 5.41) is 5.05. The molecule has 3 rings (SSSR count). The highest BCUT2D eigenvalue weighted by Crippen LogP contribution is 2.38. The van der Waals surface area contributed by atoms with Crippen molar-refractivity contribution in [3.63, 3.8) is 0 Å². The molecule has 2 aliphatic rings. The van der Waals surface area contributed by atoms with E-state index in [1.165, 1.54) is 49.7 Å². The topological polar surface area (TPSA) is 41.6 Å². The Hall–Kier alpha value is -1.14. The molecule has 0 bridgehead atoms. The summed E-state index contributed by atoms with van der Waals surface area (Å²) in [6.07, 6.45) is 10.3. The van der Waals surface area contributed by atoms with Gasteiger partial charge in [-0.3, -0.25) is 0 Å². The Morgan fingerprint density at radius 2 is 2.08 bits per heavy atom. The number of aryl methyl sites for hydroxylation is 1. The molecule has 0 spiro atoms. The van der Waals surface area contributed by atoms with E-state index in [0.717, 1.165) is 47.9 Å². The van der Waals surface area contributed by atoms with E-state index in [4.69, 9.17) is 17.0 Å². The number of nitrogens with zero attached hydrogens (tertiary/aromatic N) is 1. The van der Waals surface area contributed by atoms with Crippen molar-refractivity contribution in [2.45, 2.75) is 70.8 Å². The number of carbonyl (C=O) groups is 1. The van der Waals surface area contributed by atoms with E-state index in [2.05, 4.69) is 17.1 Å². The maximum absolute atomic E-state index is 12.4. The van der Waals surface area contributed by atoms with Gasteiger partial charge in [-0.15, -0.1) is 11.3 Å². The maximum Gasteiger partial charge on any atom is 0.341 e. The fourth-order valence-electron chi connectivity index (χ4n) is 4.01. The zero-order valence-electron chi connectivity index (χ0n) is 15.2. The first-order valence-corrected chi connectivity index (χ1v) is 10.7. The van der Waals surface area contributed by atoms with Crippen LogP contribution in [-0.4, -0.2) is 35.7 Å². The Morgan fingerprint density at radius 3 is 2.84 bits per heavy atom. The van der Waals surface area contributed by atoms with Crippen LogP contribution in [0.2, 0.25) is 0 Å². The van der Waals surface area contributed by atoms with Gasteiger partial charge in [0.1, 0.15) is 5.00 Å². The Labute approximate surface area is 159 Å². The number of esters is 1. The number of anilines is 1. The van der Waals surface area contributed by atoms with Crippen molar-refractivity contribution in [3.05, 3.63) is 16.0 Å². The summed E-state index contributed by atoms with van der Waals surface area (Å²) in [7, 11) is 1.46. The highest BCUT2D eigenvalue weighted by molar-refractivity contribution is 7.80. The number of thiocarbonyl (C=S) groups is 1. The summed E-state index contributed by atoms with van der Waals surface area (Å²) in [6, 6.07) is 0.508. The second kappa shape index (κ2) is 8.49. The van der Waals surface area contributed by atoms with Crippen LogP contribution in [0.15, 0.2) is 0 Å². The number of methoxy groups -OCH3 is 1. The van der Waals surface area contributed by atoms with Crippen molar-refractivity contribution in [1.82, 2.24) is 4.90 Å². The molecule has 2 heterocycles. The van der Waals surface area contributed by atoms with Crippen molar-refractivity contribution in [3.8, 4) is 0 Å². The quantitative estimate of drug-likeness (QED) is 0.465. The number of likely N-dealkylation sites (tertiary alicyclic amines) is 1. The van der Waals surface area contributed by atoms with Crippen molar-refractivity contribution < 1.29 is 9.53 Å². The maximum atomic E-state index is 12.4. The molecule has 25 heavy (non-hydrogen) atoms. The average molecular weight is 381 g/mol. The van der Waals surface area contributed by atoms with Crippen LogP contribution in [0.25, 0.3) is 0 Å². The molecule has 1 aromatic rings. The van der Waals surface area contributed by atoms with Gasteiger partial charge in [0, 0.05) is 17.5 Å². The first-order valence-electron chi connectivity index (χ1n) is 9.46. The van der Waals surface area contributed by atoms with E-state index in [-0.39, 0.29) is 5.97 Å². The predicted octanol–water partition coefficient (Wildman–Crippen LogP) is 4.76. The fraction of sp³-hybridized carbons (Fsp3) is 0.684. The molecule has 0 radical (unpaired) electrons. The van der Waals surface area contributed by atoms with E-state index in [9.17, 15) is 4.79 Å². The molecule has 1 atom stereocenters. The number of ether oxygens (including phenoxy) is 1. The van der Waals surface area contributed by atoms with Crippen LogP contribution in [0.4, 0.5) is 5.00 Å². The number of fused-ring (bicyclic) bond motifs is 1. The number of hydrogen-bond donors (Lipinski definition) is 1. The lowest BCUT2D eigenvalue weighted by Gasteiger charge is -2.37. The Balaban J connectivity index is 1.86. The molecule has 1 saturated heterocycles. The van der Waals surface area contributed by atoms with Crippen LogP contribution in [0.5, 0.6) is 0 Å². The Kier molecular flexibility index (Phi) is 6.34. The van der Waals surface area contributed by atoms with Crippen LogP contribution >= 0.6 is 23.6 Å². The zero-order valence-corrected chi connectivity index (χ0v) is 16.9. The van der Waals surface area contributed by atoms with Crippen LogP contribution in [0.3, 0.4) is 0 Å². The van der Waals surface area contributed by atoms with Crippen molar-refractivity contribution in [2.24, 2.45) is 0 Å². The molecule has 1 aliphatic heterocycles. The minimum atomic E-state index is -0.240. The lowest BCUT2D eigenvalue weighted by molar-refractivity contribution is 0.0601. The van der Waals surface area contributed by atoms with Gasteiger partial charge in [-0.1, -0.05) is 13.3 Å². The third kappa shape index (κ3) is 4.00. The molecule has 0 saturated carbocycles. The molecule has 6 heteroatoms. The molecule has 4 nitrogen and oxygen atoms in total. The zero-order chi connectivity index (χ0) is 17.8. The van der Waals surface area contributed by atoms with Gasteiger partial charge in [-0.05, 0) is 69.1 Å². The lowest BCUT2D eigenvalue weighted by Crippen LogP contribution is -2.45. The molecule has 0 amide bonds. The second-order valence-corrected chi connectivity index (χ2v) is 8.43. The van der Waals surface area contributed by atoms with Crippen LogP contribution in [-0.2, 0) is 17.6 Å². The summed E-state index contributed by atoms with van der Waals surface area (Å²) in [4.78, 5) is 16.1. The molecule has 1 unspecified atom stereocenters. The molecular formula is C19H28N2O2S2. The van der Waals surface area contributed by atoms with Gasteiger partial charge in [0.05, 0.1) is 12.7 Å². The molecule has 138 valence electrons. The smallest absolute Gasteiger partial charge is 0.341 e. The standard InChI is InChI=1S/C19H28N2O2S2/c1-3-13-9-7-8-12-21(13)19(24)20-17-16(18(22)23-2)14-10-5-4-6-11-15(14)25-17/h13H,3-12H2,1-2H3,(H,20,24). The minimum Gasteiger partial charge on any atom is -0.465 e. The summed E-state index contributed by atoms with van der Waals surface area (Å²) in [5.74, 6) is -0.240. The van der Waals surface area contributed by atoms with Crippen molar-refractivity contribution >= 4 is 39.6 Å². The largest absolute Gasteiger partial charge is 0.465 e. The van der Waals surface area contributed by atoms with E-state index in [1.54, 1.807) is 11.3 Å². The molecule has 1 fully saturated rings. The van der Waals surface area contributed by atoms with Crippen molar-refractivity contribution in [1.29, 1.82) is 0 Å². The van der Waals surface area contributed by atoms with Crippen molar-refractivity contribution in [2.75, 3.05) is 19.0 Å². The summed E-state index contributed by atoms with van der Waals surface area (Å²) < 4.78 is 5.08. The first-order chi connectivity index (χ1) is 12.2.